The van der Waals surface area contributed by atoms with E-state index in [4.69, 9.17) is 5.73 Å². The Bertz CT molecular complexity index is 325. The van der Waals surface area contributed by atoms with Gasteiger partial charge in [-0.2, -0.15) is 0 Å². The van der Waals surface area contributed by atoms with Crippen LogP contribution in [0.3, 0.4) is 0 Å². The molecule has 0 aromatic heterocycles. The van der Waals surface area contributed by atoms with Crippen molar-refractivity contribution < 1.29 is 0 Å². The van der Waals surface area contributed by atoms with Gasteiger partial charge in [0.25, 0.3) is 0 Å². The Labute approximate surface area is 105 Å². The molecule has 2 rings (SSSR count). The van der Waals surface area contributed by atoms with Crippen LogP contribution in [-0.2, 0) is 6.42 Å². The molecule has 2 heteroatoms. The molecule has 1 heterocycles. The number of benzene rings is 1. The molecule has 0 amide bonds. The predicted octanol–water partition coefficient (Wildman–Crippen LogP) is 2.73. The molecule has 1 aromatic carbocycles. The van der Waals surface area contributed by atoms with Crippen molar-refractivity contribution in [3.8, 4) is 0 Å². The van der Waals surface area contributed by atoms with Crippen LogP contribution >= 0.6 is 0 Å². The minimum Gasteiger partial charge on any atom is -0.330 e. The van der Waals surface area contributed by atoms with Crippen molar-refractivity contribution in [3.05, 3.63) is 35.4 Å². The molecule has 2 nitrogen and oxygen atoms in total. The van der Waals surface area contributed by atoms with Gasteiger partial charge in [0.2, 0.25) is 0 Å². The maximum atomic E-state index is 5.76. The van der Waals surface area contributed by atoms with E-state index < -0.39 is 0 Å². The molecule has 2 N–H and O–H groups in total. The maximum absolute atomic E-state index is 5.76. The Kier molecular flexibility index (Phi) is 4.57. The summed E-state index contributed by atoms with van der Waals surface area (Å²) in [5.41, 5.74) is 8.62. The molecule has 0 saturated carbocycles. The largest absolute Gasteiger partial charge is 0.330 e. The van der Waals surface area contributed by atoms with Gasteiger partial charge in [-0.25, -0.2) is 0 Å². The van der Waals surface area contributed by atoms with Crippen molar-refractivity contribution in [2.45, 2.75) is 38.6 Å². The van der Waals surface area contributed by atoms with Gasteiger partial charge in [-0.05, 0) is 56.4 Å². The minimum atomic E-state index is 0.536. The van der Waals surface area contributed by atoms with Crippen molar-refractivity contribution in [1.29, 1.82) is 0 Å². The highest BCUT2D eigenvalue weighted by Gasteiger charge is 2.22. The van der Waals surface area contributed by atoms with Crippen molar-refractivity contribution in [2.24, 2.45) is 5.73 Å². The number of hydrogen-bond donors (Lipinski definition) is 1. The van der Waals surface area contributed by atoms with Gasteiger partial charge >= 0.3 is 0 Å². The fourth-order valence-corrected chi connectivity index (χ4v) is 2.75. The van der Waals surface area contributed by atoms with E-state index in [9.17, 15) is 0 Å². The van der Waals surface area contributed by atoms with Crippen LogP contribution in [0.2, 0.25) is 0 Å². The summed E-state index contributed by atoms with van der Waals surface area (Å²) in [5.74, 6) is 0. The van der Waals surface area contributed by atoms with Gasteiger partial charge in [0.1, 0.15) is 0 Å². The van der Waals surface area contributed by atoms with E-state index >= 15 is 0 Å². The quantitative estimate of drug-likeness (QED) is 0.846. The van der Waals surface area contributed by atoms with Crippen LogP contribution in [-0.4, -0.2) is 24.5 Å². The van der Waals surface area contributed by atoms with Crippen LogP contribution < -0.4 is 5.73 Å². The number of aryl methyl sites for hydroxylation is 1. The average molecular weight is 232 g/mol. The molecule has 0 spiro atoms. The Hall–Kier alpha value is -0.860. The lowest BCUT2D eigenvalue weighted by Gasteiger charge is -2.27. The third-order valence-corrected chi connectivity index (χ3v) is 3.79. The predicted molar refractivity (Wildman–Crippen MR) is 73.0 cm³/mol. The van der Waals surface area contributed by atoms with Crippen LogP contribution in [0.25, 0.3) is 0 Å². The molecule has 1 aromatic rings. The first kappa shape index (κ1) is 12.6. The summed E-state index contributed by atoms with van der Waals surface area (Å²) in [6.07, 6.45) is 4.87. The molecule has 94 valence electrons. The monoisotopic (exact) mass is 232 g/mol. The van der Waals surface area contributed by atoms with Crippen LogP contribution in [0.4, 0.5) is 0 Å². The Morgan fingerprint density at radius 1 is 1.18 bits per heavy atom. The first-order valence-corrected chi connectivity index (χ1v) is 6.88. The second-order valence-electron chi connectivity index (χ2n) is 4.93. The van der Waals surface area contributed by atoms with Gasteiger partial charge in [-0.1, -0.05) is 31.2 Å². The van der Waals surface area contributed by atoms with E-state index in [-0.39, 0.29) is 0 Å². The maximum Gasteiger partial charge on any atom is 0.0360 e. The van der Waals surface area contributed by atoms with E-state index in [0.717, 1.165) is 19.4 Å². The molecule has 0 radical (unpaired) electrons. The lowest BCUT2D eigenvalue weighted by molar-refractivity contribution is 0.236. The van der Waals surface area contributed by atoms with Gasteiger partial charge in [0, 0.05) is 6.04 Å². The van der Waals surface area contributed by atoms with Crippen LogP contribution in [0, 0.1) is 0 Å². The molecule has 0 aliphatic carbocycles. The molecule has 1 aliphatic heterocycles. The van der Waals surface area contributed by atoms with Crippen molar-refractivity contribution in [3.63, 3.8) is 0 Å². The molecule has 1 fully saturated rings. The van der Waals surface area contributed by atoms with E-state index in [1.165, 1.54) is 37.1 Å². The summed E-state index contributed by atoms with van der Waals surface area (Å²) in [6.45, 7) is 5.45. The van der Waals surface area contributed by atoms with Gasteiger partial charge in [0.05, 0.1) is 0 Å². The van der Waals surface area contributed by atoms with Gasteiger partial charge in [-0.15, -0.1) is 0 Å². The third-order valence-electron chi connectivity index (χ3n) is 3.79. The molecular weight excluding hydrogens is 208 g/mol. The SMILES string of the molecule is CCc1ccc(C(CCN)N2CCCC2)cc1. The normalized spacial score (nSPS) is 18.5. The first-order chi connectivity index (χ1) is 8.35. The van der Waals surface area contributed by atoms with E-state index in [1.54, 1.807) is 0 Å². The molecule has 0 bridgehead atoms. The van der Waals surface area contributed by atoms with Crippen LogP contribution in [0.15, 0.2) is 24.3 Å². The molecule has 1 aliphatic rings. The number of nitrogens with zero attached hydrogens (tertiary/aromatic N) is 1. The van der Waals surface area contributed by atoms with Crippen molar-refractivity contribution >= 4 is 0 Å². The molecule has 1 unspecified atom stereocenters. The number of nitrogens with two attached hydrogens (primary N) is 1. The summed E-state index contributed by atoms with van der Waals surface area (Å²) in [4.78, 5) is 2.59. The van der Waals surface area contributed by atoms with Gasteiger partial charge < -0.3 is 5.73 Å². The smallest absolute Gasteiger partial charge is 0.0360 e. The number of hydrogen-bond acceptors (Lipinski definition) is 2. The summed E-state index contributed by atoms with van der Waals surface area (Å²) < 4.78 is 0. The minimum absolute atomic E-state index is 0.536. The zero-order chi connectivity index (χ0) is 12.1. The fourth-order valence-electron chi connectivity index (χ4n) is 2.75. The van der Waals surface area contributed by atoms with E-state index in [1.807, 2.05) is 0 Å². The zero-order valence-corrected chi connectivity index (χ0v) is 10.9. The molecule has 1 atom stereocenters. The standard InChI is InChI=1S/C15H24N2/c1-2-13-5-7-14(8-6-13)15(9-10-16)17-11-3-4-12-17/h5-8,15H,2-4,9-12,16H2,1H3. The summed E-state index contributed by atoms with van der Waals surface area (Å²) in [6, 6.07) is 9.63. The Balaban J connectivity index is 2.12. The van der Waals surface area contributed by atoms with Gasteiger partial charge in [-0.3, -0.25) is 4.90 Å². The van der Waals surface area contributed by atoms with Crippen molar-refractivity contribution in [1.82, 2.24) is 4.90 Å². The molecule has 17 heavy (non-hydrogen) atoms. The summed E-state index contributed by atoms with van der Waals surface area (Å²) in [7, 11) is 0. The second-order valence-corrected chi connectivity index (χ2v) is 4.93. The summed E-state index contributed by atoms with van der Waals surface area (Å²) >= 11 is 0. The zero-order valence-electron chi connectivity index (χ0n) is 10.9. The first-order valence-electron chi connectivity index (χ1n) is 6.88. The molecule has 1 saturated heterocycles. The Morgan fingerprint density at radius 2 is 1.82 bits per heavy atom. The van der Waals surface area contributed by atoms with Gasteiger partial charge in [0.15, 0.2) is 0 Å². The summed E-state index contributed by atoms with van der Waals surface area (Å²) in [5, 5.41) is 0. The van der Waals surface area contributed by atoms with Crippen LogP contribution in [0.5, 0.6) is 0 Å². The number of likely N-dealkylation sites (tertiary alicyclic amines) is 1. The topological polar surface area (TPSA) is 29.3 Å². The Morgan fingerprint density at radius 3 is 2.35 bits per heavy atom. The third kappa shape index (κ3) is 3.08. The highest BCUT2D eigenvalue weighted by atomic mass is 15.2. The van der Waals surface area contributed by atoms with Crippen LogP contribution in [0.1, 0.15) is 43.4 Å². The second kappa shape index (κ2) is 6.18. The highest BCUT2D eigenvalue weighted by Crippen LogP contribution is 2.27. The lowest BCUT2D eigenvalue weighted by atomic mass is 10.00. The van der Waals surface area contributed by atoms with E-state index in [2.05, 4.69) is 36.1 Å². The molecular formula is C15H24N2. The fraction of sp³-hybridized carbons (Fsp3) is 0.600. The average Bonchev–Trinajstić information content (AvgIpc) is 2.90. The lowest BCUT2D eigenvalue weighted by Crippen LogP contribution is -2.27. The van der Waals surface area contributed by atoms with E-state index in [0.29, 0.717) is 6.04 Å². The number of rotatable bonds is 5. The highest BCUT2D eigenvalue weighted by molar-refractivity contribution is 5.25. The van der Waals surface area contributed by atoms with Crippen molar-refractivity contribution in [2.75, 3.05) is 19.6 Å².